The fourth-order valence-corrected chi connectivity index (χ4v) is 3.08. The summed E-state index contributed by atoms with van der Waals surface area (Å²) in [5.74, 6) is -1.08. The summed E-state index contributed by atoms with van der Waals surface area (Å²) >= 11 is 0. The number of ether oxygens (including phenoxy) is 1. The van der Waals surface area contributed by atoms with Crippen LogP contribution in [0.25, 0.3) is 0 Å². The zero-order valence-electron chi connectivity index (χ0n) is 15.4. The van der Waals surface area contributed by atoms with Gasteiger partial charge in [-0.15, -0.1) is 0 Å². The number of nitrogens with one attached hydrogen (secondary N) is 1. The highest BCUT2D eigenvalue weighted by atomic mass is 16.5. The van der Waals surface area contributed by atoms with E-state index in [1.807, 2.05) is 30.3 Å². The van der Waals surface area contributed by atoms with Crippen LogP contribution in [0.15, 0.2) is 48.5 Å². The minimum atomic E-state index is -1.10. The molecule has 3 rings (SSSR count). The van der Waals surface area contributed by atoms with Crippen LogP contribution in [0.2, 0.25) is 0 Å². The molecule has 0 atom stereocenters. The van der Waals surface area contributed by atoms with E-state index in [4.69, 9.17) is 4.74 Å². The molecule has 8 heteroatoms. The van der Waals surface area contributed by atoms with Gasteiger partial charge in [-0.2, -0.15) is 0 Å². The predicted molar refractivity (Wildman–Crippen MR) is 103 cm³/mol. The van der Waals surface area contributed by atoms with Gasteiger partial charge in [0.15, 0.2) is 0 Å². The summed E-state index contributed by atoms with van der Waals surface area (Å²) in [6.07, 6.45) is 0. The number of rotatable bonds is 7. The molecular formula is C20H21N3O5. The molecule has 0 aromatic heterocycles. The highest BCUT2D eigenvalue weighted by Gasteiger charge is 2.26. The lowest BCUT2D eigenvalue weighted by Gasteiger charge is -2.23. The van der Waals surface area contributed by atoms with Gasteiger partial charge in [0.05, 0.1) is 12.8 Å². The van der Waals surface area contributed by atoms with Gasteiger partial charge in [-0.05, 0) is 23.8 Å². The Bertz CT molecular complexity index is 885. The molecule has 1 aliphatic heterocycles. The molecule has 1 heterocycles. The Balaban J connectivity index is 1.91. The van der Waals surface area contributed by atoms with E-state index in [1.54, 1.807) is 18.2 Å². The highest BCUT2D eigenvalue weighted by molar-refractivity contribution is 6.00. The maximum atomic E-state index is 13.0. The Morgan fingerprint density at radius 1 is 1.21 bits per heavy atom. The van der Waals surface area contributed by atoms with E-state index >= 15 is 0 Å². The molecule has 0 saturated carbocycles. The third-order valence-electron chi connectivity index (χ3n) is 4.40. The number of carbonyl (C=O) groups excluding carboxylic acids is 2. The van der Waals surface area contributed by atoms with Gasteiger partial charge in [0.25, 0.3) is 5.91 Å². The fraction of sp³-hybridized carbons (Fsp3) is 0.250. The van der Waals surface area contributed by atoms with Crippen molar-refractivity contribution in [3.05, 3.63) is 59.7 Å². The number of carboxylic acids is 1. The van der Waals surface area contributed by atoms with Crippen LogP contribution >= 0.6 is 0 Å². The molecule has 2 aromatic rings. The first-order chi connectivity index (χ1) is 13.5. The maximum absolute atomic E-state index is 13.0. The minimum Gasteiger partial charge on any atom is -0.495 e. The van der Waals surface area contributed by atoms with Crippen molar-refractivity contribution < 1.29 is 24.2 Å². The van der Waals surface area contributed by atoms with Crippen LogP contribution in [-0.2, 0) is 11.3 Å². The number of aliphatic carboxylic acids is 1. The number of amides is 3. The number of carbonyl (C=O) groups is 3. The molecule has 0 radical (unpaired) electrons. The molecule has 0 aliphatic carbocycles. The maximum Gasteiger partial charge on any atom is 0.323 e. The summed E-state index contributed by atoms with van der Waals surface area (Å²) in [6, 6.07) is 13.6. The van der Waals surface area contributed by atoms with E-state index in [9.17, 15) is 19.5 Å². The van der Waals surface area contributed by atoms with Crippen molar-refractivity contribution in [1.29, 1.82) is 0 Å². The smallest absolute Gasteiger partial charge is 0.323 e. The van der Waals surface area contributed by atoms with Crippen molar-refractivity contribution in [2.24, 2.45) is 0 Å². The van der Waals surface area contributed by atoms with E-state index in [1.165, 1.54) is 16.9 Å². The van der Waals surface area contributed by atoms with Crippen LogP contribution in [-0.4, -0.2) is 54.7 Å². The Labute approximate surface area is 162 Å². The van der Waals surface area contributed by atoms with Crippen LogP contribution in [0.1, 0.15) is 15.9 Å². The average Bonchev–Trinajstić information content (AvgIpc) is 3.12. The fourth-order valence-electron chi connectivity index (χ4n) is 3.08. The molecule has 0 unspecified atom stereocenters. The second kappa shape index (κ2) is 8.43. The molecule has 1 fully saturated rings. The van der Waals surface area contributed by atoms with Crippen molar-refractivity contribution >= 4 is 23.6 Å². The first-order valence-electron chi connectivity index (χ1n) is 8.78. The number of nitrogens with zero attached hydrogens (tertiary/aromatic N) is 2. The van der Waals surface area contributed by atoms with Gasteiger partial charge in [0.1, 0.15) is 12.3 Å². The van der Waals surface area contributed by atoms with Gasteiger partial charge >= 0.3 is 12.0 Å². The number of hydrogen-bond donors (Lipinski definition) is 2. The van der Waals surface area contributed by atoms with Crippen molar-refractivity contribution in [2.75, 3.05) is 31.6 Å². The molecule has 1 aliphatic rings. The monoisotopic (exact) mass is 383 g/mol. The summed E-state index contributed by atoms with van der Waals surface area (Å²) in [5, 5.41) is 11.9. The number of benzene rings is 2. The zero-order chi connectivity index (χ0) is 20.1. The van der Waals surface area contributed by atoms with E-state index in [0.29, 0.717) is 24.5 Å². The van der Waals surface area contributed by atoms with Crippen molar-refractivity contribution in [1.82, 2.24) is 10.2 Å². The largest absolute Gasteiger partial charge is 0.495 e. The normalized spacial score (nSPS) is 13.2. The van der Waals surface area contributed by atoms with Gasteiger partial charge < -0.3 is 20.1 Å². The molecule has 3 amide bonds. The van der Waals surface area contributed by atoms with Crippen molar-refractivity contribution in [3.8, 4) is 5.75 Å². The molecule has 8 nitrogen and oxygen atoms in total. The molecule has 1 saturated heterocycles. The molecule has 146 valence electrons. The lowest BCUT2D eigenvalue weighted by Crippen LogP contribution is -2.35. The van der Waals surface area contributed by atoms with E-state index in [2.05, 4.69) is 5.32 Å². The van der Waals surface area contributed by atoms with Gasteiger partial charge in [0, 0.05) is 25.2 Å². The first-order valence-corrected chi connectivity index (χ1v) is 8.78. The van der Waals surface area contributed by atoms with E-state index < -0.39 is 18.4 Å². The first kappa shape index (κ1) is 19.2. The number of anilines is 1. The molecule has 28 heavy (non-hydrogen) atoms. The zero-order valence-corrected chi connectivity index (χ0v) is 15.4. The second-order valence-corrected chi connectivity index (χ2v) is 6.31. The molecule has 2 aromatic carbocycles. The molecule has 0 bridgehead atoms. The Morgan fingerprint density at radius 2 is 1.96 bits per heavy atom. The predicted octanol–water partition coefficient (Wildman–Crippen LogP) is 1.95. The van der Waals surface area contributed by atoms with Crippen LogP contribution in [0.3, 0.4) is 0 Å². The van der Waals surface area contributed by atoms with Gasteiger partial charge in [-0.1, -0.05) is 30.3 Å². The van der Waals surface area contributed by atoms with E-state index in [-0.39, 0.29) is 18.1 Å². The van der Waals surface area contributed by atoms with E-state index in [0.717, 1.165) is 5.56 Å². The van der Waals surface area contributed by atoms with Gasteiger partial charge in [0.2, 0.25) is 0 Å². The third kappa shape index (κ3) is 4.22. The minimum absolute atomic E-state index is 0.164. The van der Waals surface area contributed by atoms with Crippen molar-refractivity contribution in [2.45, 2.75) is 6.54 Å². The summed E-state index contributed by atoms with van der Waals surface area (Å²) in [6.45, 7) is 0.686. The van der Waals surface area contributed by atoms with Crippen LogP contribution in [0, 0.1) is 0 Å². The van der Waals surface area contributed by atoms with Gasteiger partial charge in [-0.3, -0.25) is 14.5 Å². The van der Waals surface area contributed by atoms with Crippen LogP contribution < -0.4 is 15.0 Å². The lowest BCUT2D eigenvalue weighted by molar-refractivity contribution is -0.137. The number of methoxy groups -OCH3 is 1. The number of urea groups is 1. The quantitative estimate of drug-likeness (QED) is 0.761. The van der Waals surface area contributed by atoms with Crippen LogP contribution in [0.5, 0.6) is 5.75 Å². The second-order valence-electron chi connectivity index (χ2n) is 6.31. The highest BCUT2D eigenvalue weighted by Crippen LogP contribution is 2.31. The average molecular weight is 383 g/mol. The van der Waals surface area contributed by atoms with Crippen LogP contribution in [0.4, 0.5) is 10.5 Å². The third-order valence-corrected chi connectivity index (χ3v) is 4.40. The Kier molecular flexibility index (Phi) is 5.78. The molecule has 2 N–H and O–H groups in total. The van der Waals surface area contributed by atoms with Gasteiger partial charge in [-0.25, -0.2) is 4.79 Å². The van der Waals surface area contributed by atoms with Crippen molar-refractivity contribution in [3.63, 3.8) is 0 Å². The Morgan fingerprint density at radius 3 is 2.57 bits per heavy atom. The number of carboxylic acid groups (broad SMARTS) is 1. The summed E-state index contributed by atoms with van der Waals surface area (Å²) in [4.78, 5) is 39.1. The molecule has 0 spiro atoms. The standard InChI is InChI=1S/C20H21N3O5/c1-28-17-8-7-15(11-16(17)23-10-9-21-20(23)27)19(26)22(13-18(24)25)12-14-5-3-2-4-6-14/h2-8,11H,9-10,12-13H2,1H3,(H,21,27)(H,24,25). The number of hydrogen-bond acceptors (Lipinski definition) is 4. The summed E-state index contributed by atoms with van der Waals surface area (Å²) < 4.78 is 5.32. The Hall–Kier alpha value is -3.55. The topological polar surface area (TPSA) is 99.2 Å². The lowest BCUT2D eigenvalue weighted by atomic mass is 10.1. The summed E-state index contributed by atoms with van der Waals surface area (Å²) in [5.41, 5.74) is 1.58. The summed E-state index contributed by atoms with van der Waals surface area (Å²) in [7, 11) is 1.49. The molecular weight excluding hydrogens is 362 g/mol. The SMILES string of the molecule is COc1ccc(C(=O)N(CC(=O)O)Cc2ccccc2)cc1N1CCNC1=O.